The SMILES string of the molecule is COCCOCCOc1ccc(CP(=O)(O)O)cc1. The minimum absolute atomic E-state index is 0.257. The maximum absolute atomic E-state index is 10.8. The van der Waals surface area contributed by atoms with Crippen LogP contribution in [0.1, 0.15) is 5.56 Å². The first-order valence-corrected chi connectivity index (χ1v) is 7.64. The monoisotopic (exact) mass is 290 g/mol. The molecule has 0 heterocycles. The Labute approximate surface area is 112 Å². The molecule has 0 saturated carbocycles. The number of ether oxygens (including phenoxy) is 3. The first-order chi connectivity index (χ1) is 9.01. The number of rotatable bonds is 9. The highest BCUT2D eigenvalue weighted by Gasteiger charge is 2.13. The average molecular weight is 290 g/mol. The molecule has 2 N–H and O–H groups in total. The molecule has 0 spiro atoms. The molecule has 0 aliphatic heterocycles. The molecule has 0 bridgehead atoms. The summed E-state index contributed by atoms with van der Waals surface area (Å²) in [7, 11) is -2.40. The van der Waals surface area contributed by atoms with Gasteiger partial charge < -0.3 is 24.0 Å². The second-order valence-corrected chi connectivity index (χ2v) is 5.57. The van der Waals surface area contributed by atoms with Crippen LogP contribution in [0.5, 0.6) is 5.75 Å². The van der Waals surface area contributed by atoms with Gasteiger partial charge in [-0.2, -0.15) is 0 Å². The summed E-state index contributed by atoms with van der Waals surface area (Å²) in [5, 5.41) is 0. The molecule has 6 nitrogen and oxygen atoms in total. The van der Waals surface area contributed by atoms with Crippen molar-refractivity contribution in [2.24, 2.45) is 0 Å². The van der Waals surface area contributed by atoms with E-state index >= 15 is 0 Å². The summed E-state index contributed by atoms with van der Waals surface area (Å²) in [6.45, 7) is 1.97. The van der Waals surface area contributed by atoms with E-state index in [2.05, 4.69) is 0 Å². The lowest BCUT2D eigenvalue weighted by molar-refractivity contribution is 0.0544. The van der Waals surface area contributed by atoms with Crippen molar-refractivity contribution in [2.75, 3.05) is 33.5 Å². The fraction of sp³-hybridized carbons (Fsp3) is 0.500. The molecule has 1 aromatic rings. The molecule has 0 atom stereocenters. The molecular formula is C12H19O6P. The lowest BCUT2D eigenvalue weighted by atomic mass is 10.2. The van der Waals surface area contributed by atoms with E-state index in [9.17, 15) is 4.57 Å². The molecule has 0 fully saturated rings. The molecule has 0 radical (unpaired) electrons. The summed E-state index contributed by atoms with van der Waals surface area (Å²) in [5.41, 5.74) is 0.581. The molecule has 0 aliphatic carbocycles. The smallest absolute Gasteiger partial charge is 0.329 e. The maximum Gasteiger partial charge on any atom is 0.329 e. The summed E-state index contributed by atoms with van der Waals surface area (Å²) in [4.78, 5) is 17.7. The topological polar surface area (TPSA) is 85.2 Å². The highest BCUT2D eigenvalue weighted by Crippen LogP contribution is 2.39. The summed E-state index contributed by atoms with van der Waals surface area (Å²) in [5.74, 6) is 0.643. The summed E-state index contributed by atoms with van der Waals surface area (Å²) >= 11 is 0. The Kier molecular flexibility index (Phi) is 7.05. The highest BCUT2D eigenvalue weighted by atomic mass is 31.2. The van der Waals surface area contributed by atoms with E-state index in [0.29, 0.717) is 37.7 Å². The molecule has 7 heteroatoms. The van der Waals surface area contributed by atoms with Gasteiger partial charge in [0.15, 0.2) is 0 Å². The highest BCUT2D eigenvalue weighted by molar-refractivity contribution is 7.50. The van der Waals surface area contributed by atoms with Gasteiger partial charge in [-0.1, -0.05) is 12.1 Å². The number of hydrogen-bond acceptors (Lipinski definition) is 4. The Bertz CT molecular complexity index is 399. The van der Waals surface area contributed by atoms with Gasteiger partial charge in [-0.15, -0.1) is 0 Å². The molecule has 19 heavy (non-hydrogen) atoms. The molecule has 0 saturated heterocycles. The van der Waals surface area contributed by atoms with Crippen LogP contribution in [0, 0.1) is 0 Å². The second-order valence-electron chi connectivity index (χ2n) is 3.92. The van der Waals surface area contributed by atoms with Gasteiger partial charge in [-0.25, -0.2) is 0 Å². The Morgan fingerprint density at radius 1 is 1.05 bits per heavy atom. The van der Waals surface area contributed by atoms with Crippen molar-refractivity contribution >= 4 is 7.60 Å². The van der Waals surface area contributed by atoms with Crippen LogP contribution in [0.2, 0.25) is 0 Å². The summed E-state index contributed by atoms with van der Waals surface area (Å²) in [6, 6.07) is 6.64. The van der Waals surface area contributed by atoms with Crippen molar-refractivity contribution in [3.8, 4) is 5.75 Å². The molecule has 0 aromatic heterocycles. The Morgan fingerprint density at radius 3 is 2.26 bits per heavy atom. The first kappa shape index (κ1) is 16.1. The van der Waals surface area contributed by atoms with Crippen molar-refractivity contribution in [1.82, 2.24) is 0 Å². The van der Waals surface area contributed by atoms with Gasteiger partial charge in [0.25, 0.3) is 0 Å². The van der Waals surface area contributed by atoms with Gasteiger partial charge in [-0.05, 0) is 17.7 Å². The van der Waals surface area contributed by atoms with Gasteiger partial charge in [0.2, 0.25) is 0 Å². The third kappa shape index (κ3) is 7.97. The van der Waals surface area contributed by atoms with E-state index in [-0.39, 0.29) is 6.16 Å². The van der Waals surface area contributed by atoms with E-state index in [1.165, 1.54) is 0 Å². The zero-order valence-corrected chi connectivity index (χ0v) is 11.7. The van der Waals surface area contributed by atoms with Crippen molar-refractivity contribution in [3.05, 3.63) is 29.8 Å². The van der Waals surface area contributed by atoms with Crippen LogP contribution >= 0.6 is 7.60 Å². The van der Waals surface area contributed by atoms with Crippen LogP contribution in [0.3, 0.4) is 0 Å². The molecule has 0 amide bonds. The van der Waals surface area contributed by atoms with Gasteiger partial charge in [0.1, 0.15) is 12.4 Å². The number of methoxy groups -OCH3 is 1. The minimum Gasteiger partial charge on any atom is -0.491 e. The zero-order chi connectivity index (χ0) is 14.1. The summed E-state index contributed by atoms with van der Waals surface area (Å²) in [6.07, 6.45) is -0.257. The zero-order valence-electron chi connectivity index (χ0n) is 10.8. The van der Waals surface area contributed by atoms with E-state index in [1.54, 1.807) is 31.4 Å². The van der Waals surface area contributed by atoms with Crippen molar-refractivity contribution in [3.63, 3.8) is 0 Å². The van der Waals surface area contributed by atoms with E-state index in [1.807, 2.05) is 0 Å². The Hall–Kier alpha value is -0.910. The van der Waals surface area contributed by atoms with E-state index < -0.39 is 7.60 Å². The van der Waals surface area contributed by atoms with Crippen LogP contribution in [0.25, 0.3) is 0 Å². The Morgan fingerprint density at radius 2 is 1.68 bits per heavy atom. The second kappa shape index (κ2) is 8.30. The van der Waals surface area contributed by atoms with Crippen molar-refractivity contribution in [1.29, 1.82) is 0 Å². The molecule has 0 aliphatic rings. The van der Waals surface area contributed by atoms with Crippen LogP contribution in [-0.2, 0) is 20.2 Å². The lowest BCUT2D eigenvalue weighted by Gasteiger charge is -2.08. The Balaban J connectivity index is 2.26. The summed E-state index contributed by atoms with van der Waals surface area (Å²) < 4.78 is 26.3. The lowest BCUT2D eigenvalue weighted by Crippen LogP contribution is -2.09. The van der Waals surface area contributed by atoms with Crippen LogP contribution < -0.4 is 4.74 Å². The standard InChI is InChI=1S/C12H19O6P/c1-16-6-7-17-8-9-18-12-4-2-11(3-5-12)10-19(13,14)15/h2-5H,6-10H2,1H3,(H2,13,14,15). The van der Waals surface area contributed by atoms with Crippen LogP contribution in [0.4, 0.5) is 0 Å². The predicted molar refractivity (Wildman–Crippen MR) is 70.4 cm³/mol. The van der Waals surface area contributed by atoms with Gasteiger partial charge in [-0.3, -0.25) is 4.57 Å². The fourth-order valence-corrected chi connectivity index (χ4v) is 2.08. The van der Waals surface area contributed by atoms with E-state index in [4.69, 9.17) is 24.0 Å². The molecule has 108 valence electrons. The average Bonchev–Trinajstić information content (AvgIpc) is 2.34. The normalized spacial score (nSPS) is 11.5. The molecule has 0 unspecified atom stereocenters. The van der Waals surface area contributed by atoms with Crippen molar-refractivity contribution < 1.29 is 28.6 Å². The largest absolute Gasteiger partial charge is 0.491 e. The fourth-order valence-electron chi connectivity index (χ4n) is 1.39. The van der Waals surface area contributed by atoms with Gasteiger partial charge in [0.05, 0.1) is 26.0 Å². The van der Waals surface area contributed by atoms with Crippen LogP contribution in [-0.4, -0.2) is 43.3 Å². The van der Waals surface area contributed by atoms with Crippen LogP contribution in [0.15, 0.2) is 24.3 Å². The third-order valence-corrected chi connectivity index (χ3v) is 3.02. The molecular weight excluding hydrogens is 271 g/mol. The molecule has 1 rings (SSSR count). The maximum atomic E-state index is 10.8. The first-order valence-electron chi connectivity index (χ1n) is 5.84. The van der Waals surface area contributed by atoms with Gasteiger partial charge >= 0.3 is 7.60 Å². The minimum atomic E-state index is -4.01. The number of hydrogen-bond donors (Lipinski definition) is 2. The van der Waals surface area contributed by atoms with Gasteiger partial charge in [0, 0.05) is 7.11 Å². The molecule has 1 aromatic carbocycles. The number of benzene rings is 1. The van der Waals surface area contributed by atoms with Crippen molar-refractivity contribution in [2.45, 2.75) is 6.16 Å². The predicted octanol–water partition coefficient (Wildman–Crippen LogP) is 1.41. The third-order valence-electron chi connectivity index (χ3n) is 2.24. The quantitative estimate of drug-likeness (QED) is 0.528. The van der Waals surface area contributed by atoms with E-state index in [0.717, 1.165) is 0 Å².